The van der Waals surface area contributed by atoms with E-state index in [1.165, 1.54) is 44.9 Å². The average molecular weight is 238 g/mol. The van der Waals surface area contributed by atoms with Crippen LogP contribution in [0.1, 0.15) is 57.8 Å². The molecule has 3 heteroatoms. The van der Waals surface area contributed by atoms with Gasteiger partial charge in [0.2, 0.25) is 5.91 Å². The minimum atomic E-state index is 0.267. The molecular formula is C14H26N2O. The summed E-state index contributed by atoms with van der Waals surface area (Å²) in [5.41, 5.74) is 0. The van der Waals surface area contributed by atoms with Gasteiger partial charge in [0, 0.05) is 19.0 Å². The number of nitrogens with one attached hydrogen (secondary N) is 2. The van der Waals surface area contributed by atoms with Crippen LogP contribution < -0.4 is 10.6 Å². The Bertz CT molecular complexity index is 232. The highest BCUT2D eigenvalue weighted by Crippen LogP contribution is 2.25. The Kier molecular flexibility index (Phi) is 5.30. The van der Waals surface area contributed by atoms with Crippen molar-refractivity contribution in [3.63, 3.8) is 0 Å². The average Bonchev–Trinajstić information content (AvgIpc) is 3.14. The molecule has 0 saturated heterocycles. The van der Waals surface area contributed by atoms with Gasteiger partial charge >= 0.3 is 0 Å². The molecule has 17 heavy (non-hydrogen) atoms. The van der Waals surface area contributed by atoms with E-state index in [2.05, 4.69) is 10.6 Å². The largest absolute Gasteiger partial charge is 0.356 e. The zero-order chi connectivity index (χ0) is 11.9. The monoisotopic (exact) mass is 238 g/mol. The Morgan fingerprint density at radius 3 is 2.47 bits per heavy atom. The maximum Gasteiger partial charge on any atom is 0.220 e. The van der Waals surface area contributed by atoms with E-state index in [0.717, 1.165) is 32.0 Å². The maximum atomic E-state index is 11.7. The van der Waals surface area contributed by atoms with Crippen LogP contribution in [0, 0.1) is 5.92 Å². The Labute approximate surface area is 105 Å². The molecule has 0 aromatic heterocycles. The van der Waals surface area contributed by atoms with Crippen LogP contribution in [0.3, 0.4) is 0 Å². The fraction of sp³-hybridized carbons (Fsp3) is 0.929. The fourth-order valence-corrected chi connectivity index (χ4v) is 2.64. The normalized spacial score (nSPS) is 21.4. The summed E-state index contributed by atoms with van der Waals surface area (Å²) in [4.78, 5) is 11.7. The van der Waals surface area contributed by atoms with Crippen molar-refractivity contribution >= 4 is 5.91 Å². The van der Waals surface area contributed by atoms with Gasteiger partial charge in [-0.25, -0.2) is 0 Å². The van der Waals surface area contributed by atoms with E-state index in [-0.39, 0.29) is 5.91 Å². The quantitative estimate of drug-likeness (QED) is 0.668. The number of carbonyl (C=O) groups excluding carboxylic acids is 1. The van der Waals surface area contributed by atoms with Gasteiger partial charge in [-0.3, -0.25) is 4.79 Å². The molecule has 1 amide bonds. The van der Waals surface area contributed by atoms with Crippen LogP contribution in [0.5, 0.6) is 0 Å². The minimum Gasteiger partial charge on any atom is -0.356 e. The molecule has 0 aliphatic heterocycles. The lowest BCUT2D eigenvalue weighted by Gasteiger charge is -2.20. The summed E-state index contributed by atoms with van der Waals surface area (Å²) in [6, 6.07) is 0.785. The second-order valence-electron chi connectivity index (χ2n) is 5.64. The number of hydrogen-bond donors (Lipinski definition) is 2. The van der Waals surface area contributed by atoms with Gasteiger partial charge in [0.1, 0.15) is 0 Å². The summed E-state index contributed by atoms with van der Waals surface area (Å²) >= 11 is 0. The second kappa shape index (κ2) is 7.00. The van der Waals surface area contributed by atoms with Gasteiger partial charge in [-0.1, -0.05) is 19.3 Å². The van der Waals surface area contributed by atoms with Crippen molar-refractivity contribution < 1.29 is 4.79 Å². The van der Waals surface area contributed by atoms with Crippen LogP contribution in [0.2, 0.25) is 0 Å². The van der Waals surface area contributed by atoms with E-state index in [0.29, 0.717) is 5.92 Å². The molecule has 0 bridgehead atoms. The number of carbonyl (C=O) groups is 1. The lowest BCUT2D eigenvalue weighted by atomic mass is 9.87. The van der Waals surface area contributed by atoms with E-state index in [1.807, 2.05) is 0 Å². The molecule has 0 heterocycles. The van der Waals surface area contributed by atoms with Crippen LogP contribution in [0.25, 0.3) is 0 Å². The van der Waals surface area contributed by atoms with E-state index in [1.54, 1.807) is 0 Å². The molecule has 2 saturated carbocycles. The van der Waals surface area contributed by atoms with Gasteiger partial charge in [-0.2, -0.15) is 0 Å². The molecule has 2 fully saturated rings. The molecule has 0 radical (unpaired) electrons. The van der Waals surface area contributed by atoms with Gasteiger partial charge in [0.05, 0.1) is 0 Å². The zero-order valence-corrected chi connectivity index (χ0v) is 10.8. The Morgan fingerprint density at radius 2 is 1.76 bits per heavy atom. The van der Waals surface area contributed by atoms with Gasteiger partial charge in [-0.15, -0.1) is 0 Å². The zero-order valence-electron chi connectivity index (χ0n) is 10.8. The lowest BCUT2D eigenvalue weighted by molar-refractivity contribution is -0.122. The maximum absolute atomic E-state index is 11.7. The first-order valence-electron chi connectivity index (χ1n) is 7.34. The number of hydrogen-bond acceptors (Lipinski definition) is 2. The van der Waals surface area contributed by atoms with Crippen molar-refractivity contribution in [2.75, 3.05) is 13.1 Å². The van der Waals surface area contributed by atoms with Crippen molar-refractivity contribution in [3.05, 3.63) is 0 Å². The summed E-state index contributed by atoms with van der Waals surface area (Å²) in [5, 5.41) is 6.51. The molecule has 2 N–H and O–H groups in total. The topological polar surface area (TPSA) is 41.1 Å². The highest BCUT2D eigenvalue weighted by molar-refractivity contribution is 5.76. The molecule has 0 spiro atoms. The summed E-state index contributed by atoms with van der Waals surface area (Å²) in [5.74, 6) is 0.927. The van der Waals surface area contributed by atoms with E-state index in [4.69, 9.17) is 0 Å². The van der Waals surface area contributed by atoms with Crippen molar-refractivity contribution in [1.82, 2.24) is 10.6 Å². The van der Waals surface area contributed by atoms with Crippen LogP contribution in [0.15, 0.2) is 0 Å². The Balaban J connectivity index is 1.44. The minimum absolute atomic E-state index is 0.267. The van der Waals surface area contributed by atoms with E-state index >= 15 is 0 Å². The third-order valence-corrected chi connectivity index (χ3v) is 3.88. The first-order valence-corrected chi connectivity index (χ1v) is 7.34. The fourth-order valence-electron chi connectivity index (χ4n) is 2.64. The molecule has 98 valence electrons. The summed E-state index contributed by atoms with van der Waals surface area (Å²) in [7, 11) is 0. The smallest absolute Gasteiger partial charge is 0.220 e. The summed E-state index contributed by atoms with van der Waals surface area (Å²) < 4.78 is 0. The molecule has 2 rings (SSSR count). The van der Waals surface area contributed by atoms with Crippen molar-refractivity contribution in [1.29, 1.82) is 0 Å². The standard InChI is InChI=1S/C14H26N2O/c17-14(11-12-5-2-1-3-6-12)16-10-4-9-15-13-7-8-13/h12-13,15H,1-11H2,(H,16,17). The highest BCUT2D eigenvalue weighted by Gasteiger charge is 2.19. The van der Waals surface area contributed by atoms with E-state index in [9.17, 15) is 4.79 Å². The van der Waals surface area contributed by atoms with Crippen LogP contribution >= 0.6 is 0 Å². The first-order chi connectivity index (χ1) is 8.34. The van der Waals surface area contributed by atoms with E-state index < -0.39 is 0 Å². The summed E-state index contributed by atoms with van der Waals surface area (Å²) in [6.45, 7) is 1.89. The van der Waals surface area contributed by atoms with Gasteiger partial charge in [-0.05, 0) is 44.6 Å². The SMILES string of the molecule is O=C(CC1CCCCC1)NCCCNC1CC1. The van der Waals surface area contributed by atoms with Crippen LogP contribution in [-0.2, 0) is 4.79 Å². The van der Waals surface area contributed by atoms with Gasteiger partial charge < -0.3 is 10.6 Å². The van der Waals surface area contributed by atoms with Gasteiger partial charge in [0.15, 0.2) is 0 Å². The van der Waals surface area contributed by atoms with Crippen molar-refractivity contribution in [2.45, 2.75) is 63.8 Å². The predicted octanol–water partition coefficient (Wildman–Crippen LogP) is 2.22. The predicted molar refractivity (Wildman–Crippen MR) is 69.8 cm³/mol. The van der Waals surface area contributed by atoms with Crippen LogP contribution in [-0.4, -0.2) is 25.0 Å². The lowest BCUT2D eigenvalue weighted by Crippen LogP contribution is -2.29. The molecule has 0 unspecified atom stereocenters. The molecule has 2 aliphatic rings. The summed E-state index contributed by atoms with van der Waals surface area (Å²) in [6.07, 6.45) is 11.0. The number of amides is 1. The molecular weight excluding hydrogens is 212 g/mol. The molecule has 0 aromatic rings. The Morgan fingerprint density at radius 1 is 1.00 bits per heavy atom. The molecule has 0 atom stereocenters. The van der Waals surface area contributed by atoms with Gasteiger partial charge in [0.25, 0.3) is 0 Å². The molecule has 3 nitrogen and oxygen atoms in total. The molecule has 0 aromatic carbocycles. The first kappa shape index (κ1) is 12.9. The van der Waals surface area contributed by atoms with Crippen LogP contribution in [0.4, 0.5) is 0 Å². The van der Waals surface area contributed by atoms with Crippen molar-refractivity contribution in [2.24, 2.45) is 5.92 Å². The number of rotatable bonds is 7. The molecule has 2 aliphatic carbocycles. The third kappa shape index (κ3) is 5.53. The third-order valence-electron chi connectivity index (χ3n) is 3.88. The highest BCUT2D eigenvalue weighted by atomic mass is 16.1. The second-order valence-corrected chi connectivity index (χ2v) is 5.64. The Hall–Kier alpha value is -0.570. The van der Waals surface area contributed by atoms with Crippen molar-refractivity contribution in [3.8, 4) is 0 Å².